The number of hydrogen-bond acceptors (Lipinski definition) is 6. The fraction of sp³-hybridized carbons (Fsp3) is 0.474. The van der Waals surface area contributed by atoms with Gasteiger partial charge < -0.3 is 0 Å². The van der Waals surface area contributed by atoms with Gasteiger partial charge in [0.1, 0.15) is 11.1 Å². The van der Waals surface area contributed by atoms with E-state index in [-0.39, 0.29) is 0 Å². The molecule has 2 heterocycles. The summed E-state index contributed by atoms with van der Waals surface area (Å²) in [6.07, 6.45) is 2.17. The Morgan fingerprint density at radius 3 is 1.48 bits per heavy atom. The van der Waals surface area contributed by atoms with Crippen molar-refractivity contribution in [1.29, 1.82) is 10.5 Å². The summed E-state index contributed by atoms with van der Waals surface area (Å²) in [6, 6.07) is 13.1. The summed E-state index contributed by atoms with van der Waals surface area (Å²) in [4.78, 5) is 6.11. The van der Waals surface area contributed by atoms with Crippen LogP contribution in [0.1, 0.15) is 29.0 Å². The molecule has 2 atom stereocenters. The Kier molecular flexibility index (Phi) is 6.37. The second-order valence-corrected chi connectivity index (χ2v) is 8.44. The molecule has 4 nitrogen and oxygen atoms in total. The van der Waals surface area contributed by atoms with Crippen molar-refractivity contribution in [3.8, 4) is 12.1 Å². The largest absolute Gasteiger partial charge is 0.287 e. The van der Waals surface area contributed by atoms with Crippen molar-refractivity contribution >= 4 is 22.7 Å². The van der Waals surface area contributed by atoms with Crippen molar-refractivity contribution in [1.82, 2.24) is 9.80 Å². The van der Waals surface area contributed by atoms with Crippen molar-refractivity contribution < 1.29 is 0 Å². The number of rotatable bonds is 8. The van der Waals surface area contributed by atoms with E-state index in [9.17, 15) is 10.5 Å². The lowest BCUT2D eigenvalue weighted by Gasteiger charge is -2.36. The van der Waals surface area contributed by atoms with E-state index in [2.05, 4.69) is 12.1 Å². The fourth-order valence-corrected chi connectivity index (χ4v) is 5.16. The molecule has 0 spiro atoms. The SMILES string of the molecule is CN(C)C(C#N)(CCCC(C#N)(c1cccs1)N(C)C)c1cccs1. The molecule has 0 saturated carbocycles. The predicted molar refractivity (Wildman–Crippen MR) is 104 cm³/mol. The summed E-state index contributed by atoms with van der Waals surface area (Å²) in [7, 11) is 7.80. The third kappa shape index (κ3) is 3.63. The van der Waals surface area contributed by atoms with Crippen LogP contribution >= 0.6 is 22.7 Å². The van der Waals surface area contributed by atoms with Crippen LogP contribution in [0.2, 0.25) is 0 Å². The van der Waals surface area contributed by atoms with E-state index < -0.39 is 11.1 Å². The number of hydrogen-bond donors (Lipinski definition) is 0. The van der Waals surface area contributed by atoms with Gasteiger partial charge in [-0.25, -0.2) is 0 Å². The van der Waals surface area contributed by atoms with Gasteiger partial charge in [-0.15, -0.1) is 22.7 Å². The van der Waals surface area contributed by atoms with Gasteiger partial charge in [0.2, 0.25) is 0 Å². The first-order valence-corrected chi connectivity index (χ1v) is 9.94. The molecule has 2 aromatic heterocycles. The zero-order chi connectivity index (χ0) is 18.5. The predicted octanol–water partition coefficient (Wildman–Crippen LogP) is 4.24. The molecular weight excluding hydrogens is 348 g/mol. The molecule has 0 aromatic carbocycles. The van der Waals surface area contributed by atoms with Crippen LogP contribution in [0.3, 0.4) is 0 Å². The molecule has 0 N–H and O–H groups in total. The topological polar surface area (TPSA) is 54.1 Å². The first-order valence-electron chi connectivity index (χ1n) is 8.18. The van der Waals surface area contributed by atoms with E-state index in [1.165, 1.54) is 0 Å². The van der Waals surface area contributed by atoms with Crippen molar-refractivity contribution in [2.45, 2.75) is 30.3 Å². The molecule has 25 heavy (non-hydrogen) atoms. The zero-order valence-corrected chi connectivity index (χ0v) is 16.8. The number of nitrogens with zero attached hydrogens (tertiary/aromatic N) is 4. The van der Waals surface area contributed by atoms with Gasteiger partial charge in [-0.05, 0) is 70.3 Å². The first kappa shape index (κ1) is 19.6. The monoisotopic (exact) mass is 372 g/mol. The van der Waals surface area contributed by atoms with Gasteiger partial charge in [0.25, 0.3) is 0 Å². The molecule has 0 saturated heterocycles. The van der Waals surface area contributed by atoms with Crippen molar-refractivity contribution in [3.63, 3.8) is 0 Å². The fourth-order valence-electron chi connectivity index (χ4n) is 3.18. The minimum absolute atomic E-state index is 0.642. The van der Waals surface area contributed by atoms with E-state index in [0.717, 1.165) is 16.2 Å². The van der Waals surface area contributed by atoms with Gasteiger partial charge in [0.05, 0.1) is 12.1 Å². The summed E-state index contributed by atoms with van der Waals surface area (Å²) >= 11 is 3.23. The maximum Gasteiger partial charge on any atom is 0.143 e. The van der Waals surface area contributed by atoms with Crippen LogP contribution in [0, 0.1) is 22.7 Å². The summed E-state index contributed by atoms with van der Waals surface area (Å²) in [5.74, 6) is 0. The van der Waals surface area contributed by atoms with E-state index in [0.29, 0.717) is 12.8 Å². The van der Waals surface area contributed by atoms with Gasteiger partial charge >= 0.3 is 0 Å². The molecule has 2 aromatic rings. The average molecular weight is 373 g/mol. The van der Waals surface area contributed by atoms with Crippen LogP contribution in [0.25, 0.3) is 0 Å². The summed E-state index contributed by atoms with van der Waals surface area (Å²) < 4.78 is 0. The first-order chi connectivity index (χ1) is 11.9. The van der Waals surface area contributed by atoms with Crippen LogP contribution in [-0.4, -0.2) is 38.0 Å². The Hall–Kier alpha value is -1.70. The van der Waals surface area contributed by atoms with Crippen LogP contribution in [0.15, 0.2) is 35.0 Å². The third-order valence-corrected chi connectivity index (χ3v) is 6.87. The molecule has 0 bridgehead atoms. The highest BCUT2D eigenvalue weighted by molar-refractivity contribution is 7.10. The second-order valence-electron chi connectivity index (χ2n) is 6.54. The summed E-state index contributed by atoms with van der Waals surface area (Å²) in [6.45, 7) is 0. The summed E-state index contributed by atoms with van der Waals surface area (Å²) in [5.41, 5.74) is -1.28. The highest BCUT2D eigenvalue weighted by atomic mass is 32.1. The Morgan fingerprint density at radius 2 is 1.24 bits per heavy atom. The standard InChI is InChI=1S/C19H24N4S2/c1-22(2)18(14-20,16-8-5-12-24-16)10-7-11-19(15-21,23(3)4)17-9-6-13-25-17/h5-6,8-9,12-13H,7,10-11H2,1-4H3. The number of nitriles is 2. The lowest BCUT2D eigenvalue weighted by Crippen LogP contribution is -2.42. The highest BCUT2D eigenvalue weighted by Crippen LogP contribution is 2.39. The molecule has 2 rings (SSSR count). The van der Waals surface area contributed by atoms with Gasteiger partial charge in [-0.3, -0.25) is 9.80 Å². The number of thiophene rings is 2. The van der Waals surface area contributed by atoms with E-state index >= 15 is 0 Å². The Morgan fingerprint density at radius 1 is 0.840 bits per heavy atom. The quantitative estimate of drug-likeness (QED) is 0.695. The maximum absolute atomic E-state index is 9.94. The van der Waals surface area contributed by atoms with Gasteiger partial charge in [-0.1, -0.05) is 12.1 Å². The van der Waals surface area contributed by atoms with E-state index in [1.807, 2.05) is 73.0 Å². The van der Waals surface area contributed by atoms with Crippen molar-refractivity contribution in [2.24, 2.45) is 0 Å². The van der Waals surface area contributed by atoms with Crippen LogP contribution in [0.4, 0.5) is 0 Å². The average Bonchev–Trinajstić information content (AvgIpc) is 3.29. The second kappa shape index (κ2) is 8.12. The molecule has 0 fully saturated rings. The molecule has 0 amide bonds. The molecule has 132 valence electrons. The maximum atomic E-state index is 9.94. The molecule has 0 aliphatic heterocycles. The van der Waals surface area contributed by atoms with Gasteiger partial charge in [-0.2, -0.15) is 10.5 Å². The van der Waals surface area contributed by atoms with E-state index in [1.54, 1.807) is 22.7 Å². The molecule has 0 radical (unpaired) electrons. The molecule has 6 heteroatoms. The molecule has 0 aliphatic carbocycles. The molecular formula is C19H24N4S2. The Balaban J connectivity index is 2.24. The molecule has 0 aliphatic rings. The minimum atomic E-state index is -0.642. The summed E-state index contributed by atoms with van der Waals surface area (Å²) in [5, 5.41) is 23.9. The normalized spacial score (nSPS) is 16.2. The van der Waals surface area contributed by atoms with Gasteiger partial charge in [0.15, 0.2) is 0 Å². The lowest BCUT2D eigenvalue weighted by molar-refractivity contribution is 0.169. The highest BCUT2D eigenvalue weighted by Gasteiger charge is 2.39. The van der Waals surface area contributed by atoms with Crippen molar-refractivity contribution in [3.05, 3.63) is 44.8 Å². The van der Waals surface area contributed by atoms with Crippen LogP contribution in [0.5, 0.6) is 0 Å². The zero-order valence-electron chi connectivity index (χ0n) is 15.2. The Labute approximate surface area is 158 Å². The van der Waals surface area contributed by atoms with Crippen molar-refractivity contribution in [2.75, 3.05) is 28.2 Å². The Bertz CT molecular complexity index is 673. The van der Waals surface area contributed by atoms with Crippen LogP contribution in [-0.2, 0) is 11.1 Å². The third-order valence-electron chi connectivity index (χ3n) is 4.83. The van der Waals surface area contributed by atoms with Gasteiger partial charge in [0, 0.05) is 9.75 Å². The molecule has 2 unspecified atom stereocenters. The smallest absolute Gasteiger partial charge is 0.143 e. The van der Waals surface area contributed by atoms with E-state index in [4.69, 9.17) is 0 Å². The van der Waals surface area contributed by atoms with Crippen LogP contribution < -0.4 is 0 Å². The minimum Gasteiger partial charge on any atom is -0.287 e. The lowest BCUT2D eigenvalue weighted by atomic mass is 9.85.